The van der Waals surface area contributed by atoms with Crippen LogP contribution in [0.15, 0.2) is 40.2 Å². The molecule has 0 amide bonds. The Morgan fingerprint density at radius 3 is 2.48 bits per heavy atom. The molecule has 2 saturated heterocycles. The van der Waals surface area contributed by atoms with E-state index in [0.29, 0.717) is 29.2 Å². The molecule has 2 fully saturated rings. The predicted molar refractivity (Wildman–Crippen MR) is 113 cm³/mol. The van der Waals surface area contributed by atoms with Gasteiger partial charge < -0.3 is 10.6 Å². The maximum atomic E-state index is 12.7. The van der Waals surface area contributed by atoms with Crippen LogP contribution in [-0.4, -0.2) is 62.9 Å². The first-order valence-corrected chi connectivity index (χ1v) is 12.2. The summed E-state index contributed by atoms with van der Waals surface area (Å²) < 4.78 is 27.0. The Hall–Kier alpha value is -1.25. The van der Waals surface area contributed by atoms with Crippen molar-refractivity contribution in [2.75, 3.05) is 39.0 Å². The highest BCUT2D eigenvalue weighted by Gasteiger charge is 2.29. The quantitative estimate of drug-likeness (QED) is 0.555. The van der Waals surface area contributed by atoms with Crippen molar-refractivity contribution in [2.24, 2.45) is 10.9 Å². The molecule has 2 N–H and O–H groups in total. The second kappa shape index (κ2) is 9.80. The fourth-order valence-electron chi connectivity index (χ4n) is 3.57. The normalized spacial score (nSPS) is 22.7. The van der Waals surface area contributed by atoms with Gasteiger partial charge in [-0.25, -0.2) is 8.42 Å². The Morgan fingerprint density at radius 1 is 1.15 bits per heavy atom. The molecule has 2 aliphatic rings. The SMILES string of the molecule is CN=C(NCC1CCN(S(=O)(=O)c2ccccc2)CC1)NCC1CCCS1. The van der Waals surface area contributed by atoms with E-state index in [9.17, 15) is 8.42 Å². The van der Waals surface area contributed by atoms with E-state index in [1.165, 1.54) is 18.6 Å². The Bertz CT molecular complexity index is 710. The van der Waals surface area contributed by atoms with Gasteiger partial charge in [-0.05, 0) is 49.5 Å². The molecule has 1 unspecified atom stereocenters. The van der Waals surface area contributed by atoms with E-state index in [0.717, 1.165) is 31.9 Å². The molecule has 8 heteroatoms. The van der Waals surface area contributed by atoms with Crippen LogP contribution in [0.5, 0.6) is 0 Å². The lowest BCUT2D eigenvalue weighted by Gasteiger charge is -2.31. The first-order chi connectivity index (χ1) is 13.1. The van der Waals surface area contributed by atoms with Crippen LogP contribution in [-0.2, 0) is 10.0 Å². The number of piperidine rings is 1. The number of sulfonamides is 1. The number of nitrogens with one attached hydrogen (secondary N) is 2. The minimum absolute atomic E-state index is 0.385. The topological polar surface area (TPSA) is 73.8 Å². The molecule has 150 valence electrons. The van der Waals surface area contributed by atoms with Crippen LogP contribution in [0, 0.1) is 5.92 Å². The molecule has 2 heterocycles. The molecule has 0 saturated carbocycles. The number of hydrogen-bond donors (Lipinski definition) is 2. The number of hydrogen-bond acceptors (Lipinski definition) is 4. The fraction of sp³-hybridized carbons (Fsp3) is 0.632. The molecule has 2 aliphatic heterocycles. The van der Waals surface area contributed by atoms with Crippen LogP contribution in [0.2, 0.25) is 0 Å². The number of guanidine groups is 1. The highest BCUT2D eigenvalue weighted by atomic mass is 32.2. The minimum Gasteiger partial charge on any atom is -0.356 e. The standard InChI is InChI=1S/C19H30N4O2S2/c1-20-19(22-15-17-6-5-13-26-17)21-14-16-9-11-23(12-10-16)27(24,25)18-7-3-2-4-8-18/h2-4,7-8,16-17H,5-6,9-15H2,1H3,(H2,20,21,22). The molecule has 6 nitrogen and oxygen atoms in total. The summed E-state index contributed by atoms with van der Waals surface area (Å²) in [6.07, 6.45) is 4.33. The average Bonchev–Trinajstić information content (AvgIpc) is 3.23. The van der Waals surface area contributed by atoms with Crippen LogP contribution in [0.25, 0.3) is 0 Å². The monoisotopic (exact) mass is 410 g/mol. The Morgan fingerprint density at radius 2 is 1.85 bits per heavy atom. The van der Waals surface area contributed by atoms with E-state index in [1.54, 1.807) is 35.6 Å². The molecule has 27 heavy (non-hydrogen) atoms. The molecule has 1 atom stereocenters. The summed E-state index contributed by atoms with van der Waals surface area (Å²) in [5.41, 5.74) is 0. The van der Waals surface area contributed by atoms with Gasteiger partial charge in [-0.2, -0.15) is 16.1 Å². The van der Waals surface area contributed by atoms with Crippen LogP contribution in [0.1, 0.15) is 25.7 Å². The predicted octanol–water partition coefficient (Wildman–Crippen LogP) is 2.15. The molecule has 0 aromatic heterocycles. The highest BCUT2D eigenvalue weighted by Crippen LogP contribution is 2.25. The number of aliphatic imine (C=N–C) groups is 1. The molecule has 0 spiro atoms. The number of rotatable bonds is 6. The summed E-state index contributed by atoms with van der Waals surface area (Å²) >= 11 is 2.03. The Balaban J connectivity index is 1.42. The van der Waals surface area contributed by atoms with Gasteiger partial charge in [0.25, 0.3) is 0 Å². The van der Waals surface area contributed by atoms with E-state index in [-0.39, 0.29) is 0 Å². The van der Waals surface area contributed by atoms with Gasteiger partial charge in [-0.15, -0.1) is 0 Å². The molecule has 0 bridgehead atoms. The third-order valence-electron chi connectivity index (χ3n) is 5.26. The van der Waals surface area contributed by atoms with Crippen molar-refractivity contribution in [1.82, 2.24) is 14.9 Å². The zero-order valence-corrected chi connectivity index (χ0v) is 17.6. The molecule has 1 aromatic carbocycles. The zero-order chi connectivity index (χ0) is 19.1. The van der Waals surface area contributed by atoms with E-state index in [4.69, 9.17) is 0 Å². The van der Waals surface area contributed by atoms with Crippen molar-refractivity contribution in [2.45, 2.75) is 35.8 Å². The van der Waals surface area contributed by atoms with Gasteiger partial charge in [0.05, 0.1) is 4.90 Å². The smallest absolute Gasteiger partial charge is 0.243 e. The van der Waals surface area contributed by atoms with Gasteiger partial charge >= 0.3 is 0 Å². The van der Waals surface area contributed by atoms with Crippen LogP contribution >= 0.6 is 11.8 Å². The maximum Gasteiger partial charge on any atom is 0.243 e. The Kier molecular flexibility index (Phi) is 7.43. The summed E-state index contributed by atoms with van der Waals surface area (Å²) in [6.45, 7) is 2.94. The number of thioether (sulfide) groups is 1. The van der Waals surface area contributed by atoms with Crippen LogP contribution in [0.4, 0.5) is 0 Å². The molecule has 3 rings (SSSR count). The van der Waals surface area contributed by atoms with Gasteiger partial charge in [0, 0.05) is 38.5 Å². The van der Waals surface area contributed by atoms with Crippen molar-refractivity contribution in [3.8, 4) is 0 Å². The van der Waals surface area contributed by atoms with Gasteiger partial charge in [0.2, 0.25) is 10.0 Å². The lowest BCUT2D eigenvalue weighted by Crippen LogP contribution is -2.45. The van der Waals surface area contributed by atoms with Gasteiger partial charge in [0.15, 0.2) is 5.96 Å². The third-order valence-corrected chi connectivity index (χ3v) is 8.57. The van der Waals surface area contributed by atoms with Crippen molar-refractivity contribution in [3.63, 3.8) is 0 Å². The highest BCUT2D eigenvalue weighted by molar-refractivity contribution is 8.00. The second-order valence-corrected chi connectivity index (χ2v) is 10.5. The van der Waals surface area contributed by atoms with Crippen molar-refractivity contribution < 1.29 is 8.42 Å². The van der Waals surface area contributed by atoms with E-state index >= 15 is 0 Å². The van der Waals surface area contributed by atoms with Gasteiger partial charge in [-0.3, -0.25) is 4.99 Å². The second-order valence-electron chi connectivity index (χ2n) is 7.13. The van der Waals surface area contributed by atoms with Crippen molar-refractivity contribution in [1.29, 1.82) is 0 Å². The molecular weight excluding hydrogens is 380 g/mol. The van der Waals surface area contributed by atoms with Crippen molar-refractivity contribution in [3.05, 3.63) is 30.3 Å². The maximum absolute atomic E-state index is 12.7. The lowest BCUT2D eigenvalue weighted by atomic mass is 9.98. The summed E-state index contributed by atoms with van der Waals surface area (Å²) in [6, 6.07) is 8.71. The summed E-state index contributed by atoms with van der Waals surface area (Å²) in [7, 11) is -1.57. The van der Waals surface area contributed by atoms with Crippen LogP contribution < -0.4 is 10.6 Å². The molecular formula is C19H30N4O2S2. The van der Waals surface area contributed by atoms with E-state index in [1.807, 2.05) is 17.8 Å². The fourth-order valence-corrected chi connectivity index (χ4v) is 6.26. The minimum atomic E-state index is -3.36. The number of benzene rings is 1. The molecule has 1 aromatic rings. The Labute approximate surface area is 167 Å². The van der Waals surface area contributed by atoms with Gasteiger partial charge in [0.1, 0.15) is 0 Å². The lowest BCUT2D eigenvalue weighted by molar-refractivity contribution is 0.273. The van der Waals surface area contributed by atoms with Gasteiger partial charge in [-0.1, -0.05) is 18.2 Å². The average molecular weight is 411 g/mol. The zero-order valence-electron chi connectivity index (χ0n) is 15.9. The molecule has 0 aliphatic carbocycles. The summed E-state index contributed by atoms with van der Waals surface area (Å²) in [5, 5.41) is 7.52. The van der Waals surface area contributed by atoms with Crippen LogP contribution in [0.3, 0.4) is 0 Å². The number of nitrogens with zero attached hydrogens (tertiary/aromatic N) is 2. The summed E-state index contributed by atoms with van der Waals surface area (Å²) in [4.78, 5) is 4.69. The van der Waals surface area contributed by atoms with E-state index < -0.39 is 10.0 Å². The largest absolute Gasteiger partial charge is 0.356 e. The molecule has 0 radical (unpaired) electrons. The van der Waals surface area contributed by atoms with Crippen molar-refractivity contribution >= 4 is 27.7 Å². The first kappa shape index (κ1) is 20.5. The first-order valence-electron chi connectivity index (χ1n) is 9.71. The third kappa shape index (κ3) is 5.62. The van der Waals surface area contributed by atoms with E-state index in [2.05, 4.69) is 15.6 Å². The summed E-state index contributed by atoms with van der Waals surface area (Å²) in [5.74, 6) is 2.58.